The van der Waals surface area contributed by atoms with Crippen LogP contribution in [0.4, 0.5) is 4.79 Å². The van der Waals surface area contributed by atoms with Gasteiger partial charge in [-0.2, -0.15) is 0 Å². The number of hydrogen-bond donors (Lipinski definition) is 5. The molecule has 0 aliphatic carbocycles. The molecular formula is C7H15NO7. The van der Waals surface area contributed by atoms with Crippen molar-refractivity contribution < 1.29 is 35.0 Å². The van der Waals surface area contributed by atoms with Gasteiger partial charge in [-0.15, -0.1) is 0 Å². The number of ether oxygens (including phenoxy) is 1. The van der Waals surface area contributed by atoms with Gasteiger partial charge in [0, 0.05) is 13.1 Å². The molecule has 15 heavy (non-hydrogen) atoms. The summed E-state index contributed by atoms with van der Waals surface area (Å²) >= 11 is 0. The lowest BCUT2D eigenvalue weighted by Crippen LogP contribution is -2.37. The van der Waals surface area contributed by atoms with E-state index in [0.29, 0.717) is 0 Å². The molecule has 8 nitrogen and oxygen atoms in total. The summed E-state index contributed by atoms with van der Waals surface area (Å²) < 4.78 is 4.11. The molecule has 0 heterocycles. The molecule has 0 aromatic carbocycles. The lowest BCUT2D eigenvalue weighted by molar-refractivity contribution is -0.256. The van der Waals surface area contributed by atoms with Crippen LogP contribution < -0.4 is 5.32 Å². The summed E-state index contributed by atoms with van der Waals surface area (Å²) in [5.41, 5.74) is 0. The average Bonchev–Trinajstić information content (AvgIpc) is 2.15. The van der Waals surface area contributed by atoms with Crippen LogP contribution in [0.5, 0.6) is 0 Å². The lowest BCUT2D eigenvalue weighted by atomic mass is 10.3. The molecule has 0 aliphatic heterocycles. The molecule has 0 aromatic rings. The maximum absolute atomic E-state index is 9.93. The Labute approximate surface area is 86.0 Å². The number of aliphatic hydroxyl groups excluding tert-OH is 2. The maximum atomic E-state index is 9.93. The van der Waals surface area contributed by atoms with Gasteiger partial charge in [0.15, 0.2) is 0 Å². The van der Waals surface area contributed by atoms with Crippen molar-refractivity contribution in [3.63, 3.8) is 0 Å². The summed E-state index contributed by atoms with van der Waals surface area (Å²) in [6.07, 6.45) is -3.34. The van der Waals surface area contributed by atoms with Crippen molar-refractivity contribution in [3.8, 4) is 0 Å². The van der Waals surface area contributed by atoms with Crippen LogP contribution in [0.25, 0.3) is 0 Å². The third-order valence-corrected chi connectivity index (χ3v) is 1.43. The van der Waals surface area contributed by atoms with Gasteiger partial charge in [0.1, 0.15) is 19.3 Å². The molecule has 8 heteroatoms. The van der Waals surface area contributed by atoms with Crippen LogP contribution in [0.3, 0.4) is 0 Å². The lowest BCUT2D eigenvalue weighted by Gasteiger charge is -2.13. The third kappa shape index (κ3) is 9.38. The summed E-state index contributed by atoms with van der Waals surface area (Å²) in [7, 11) is 0. The number of aliphatic hydroxyl groups is 2. The molecular weight excluding hydrogens is 210 g/mol. The van der Waals surface area contributed by atoms with Gasteiger partial charge < -0.3 is 25.4 Å². The second kappa shape index (κ2) is 8.38. The van der Waals surface area contributed by atoms with E-state index in [9.17, 15) is 4.79 Å². The predicted octanol–water partition coefficient (Wildman–Crippen LogP) is -1.52. The van der Waals surface area contributed by atoms with Crippen LogP contribution in [0.2, 0.25) is 0 Å². The second-order valence-corrected chi connectivity index (χ2v) is 2.84. The van der Waals surface area contributed by atoms with Crippen LogP contribution in [0, 0.1) is 0 Å². The van der Waals surface area contributed by atoms with E-state index in [1.807, 2.05) is 0 Å². The Kier molecular flexibility index (Phi) is 7.86. The number of hydrogen-bond acceptors (Lipinski definition) is 7. The molecule has 0 bridgehead atoms. The molecule has 0 amide bonds. The number of rotatable bonds is 8. The molecule has 0 aliphatic rings. The van der Waals surface area contributed by atoms with Crippen molar-refractivity contribution in [3.05, 3.63) is 0 Å². The largest absolute Gasteiger partial charge is 0.505 e. The highest BCUT2D eigenvalue weighted by atomic mass is 17.1. The van der Waals surface area contributed by atoms with Crippen LogP contribution in [-0.4, -0.2) is 65.2 Å². The molecule has 0 saturated heterocycles. The first kappa shape index (κ1) is 14.1. The Bertz CT molecular complexity index is 177. The monoisotopic (exact) mass is 225 g/mol. The summed E-state index contributed by atoms with van der Waals surface area (Å²) in [6, 6.07) is 0. The highest BCUT2D eigenvalue weighted by Gasteiger charge is 2.08. The maximum Gasteiger partial charge on any atom is 0.505 e. The Morgan fingerprint density at radius 1 is 1.20 bits per heavy atom. The van der Waals surface area contributed by atoms with E-state index < -0.39 is 18.4 Å². The van der Waals surface area contributed by atoms with Gasteiger partial charge in [0.05, 0.1) is 6.10 Å². The number of carboxylic acid groups (broad SMARTS) is 1. The molecule has 2 atom stereocenters. The van der Waals surface area contributed by atoms with E-state index in [0.717, 1.165) is 0 Å². The molecule has 0 rings (SSSR count). The zero-order chi connectivity index (χ0) is 11.7. The number of carbonyl (C=O) groups is 1. The topological polar surface area (TPSA) is 128 Å². The van der Waals surface area contributed by atoms with Crippen molar-refractivity contribution in [2.24, 2.45) is 0 Å². The highest BCUT2D eigenvalue weighted by molar-refractivity contribution is 5.56. The van der Waals surface area contributed by atoms with Crippen molar-refractivity contribution in [2.75, 3.05) is 26.3 Å². The average molecular weight is 225 g/mol. The fraction of sp³-hybridized carbons (Fsp3) is 0.857. The predicted molar refractivity (Wildman–Crippen MR) is 47.4 cm³/mol. The SMILES string of the molecule is O=C(O)OCC(O)CNCC(O)COO. The normalized spacial score (nSPS) is 14.6. The summed E-state index contributed by atoms with van der Waals surface area (Å²) in [5, 5.41) is 36.9. The van der Waals surface area contributed by atoms with Crippen molar-refractivity contribution >= 4 is 6.16 Å². The number of nitrogens with one attached hydrogen (secondary N) is 1. The Morgan fingerprint density at radius 2 is 1.73 bits per heavy atom. The molecule has 2 unspecified atom stereocenters. The van der Waals surface area contributed by atoms with Gasteiger partial charge in [-0.25, -0.2) is 9.68 Å². The molecule has 0 spiro atoms. The van der Waals surface area contributed by atoms with E-state index in [4.69, 9.17) is 20.6 Å². The summed E-state index contributed by atoms with van der Waals surface area (Å²) in [6.45, 7) is -0.413. The summed E-state index contributed by atoms with van der Waals surface area (Å²) in [4.78, 5) is 13.6. The zero-order valence-electron chi connectivity index (χ0n) is 8.00. The Hall–Kier alpha value is -0.930. The Morgan fingerprint density at radius 3 is 2.20 bits per heavy atom. The fourth-order valence-corrected chi connectivity index (χ4v) is 0.788. The standard InChI is InChI=1S/C7H15NO7/c9-5(3-14-7(11)12)1-8-2-6(10)4-15-13/h5-6,8-10,13H,1-4H2,(H,11,12). The van der Waals surface area contributed by atoms with Crippen LogP contribution in [0.1, 0.15) is 0 Å². The van der Waals surface area contributed by atoms with Crippen LogP contribution >= 0.6 is 0 Å². The molecule has 0 radical (unpaired) electrons. The van der Waals surface area contributed by atoms with Crippen LogP contribution in [-0.2, 0) is 9.62 Å². The van der Waals surface area contributed by atoms with Crippen molar-refractivity contribution in [1.29, 1.82) is 0 Å². The van der Waals surface area contributed by atoms with E-state index >= 15 is 0 Å². The zero-order valence-corrected chi connectivity index (χ0v) is 8.00. The van der Waals surface area contributed by atoms with Crippen molar-refractivity contribution in [2.45, 2.75) is 12.2 Å². The molecule has 0 aromatic heterocycles. The first-order chi connectivity index (χ1) is 7.06. The van der Waals surface area contributed by atoms with Gasteiger partial charge in [0.25, 0.3) is 0 Å². The second-order valence-electron chi connectivity index (χ2n) is 2.84. The van der Waals surface area contributed by atoms with Crippen LogP contribution in [0.15, 0.2) is 0 Å². The molecule has 0 saturated carbocycles. The van der Waals surface area contributed by atoms with Gasteiger partial charge >= 0.3 is 6.16 Å². The van der Waals surface area contributed by atoms with Gasteiger partial charge in [-0.1, -0.05) is 0 Å². The first-order valence-corrected chi connectivity index (χ1v) is 4.25. The van der Waals surface area contributed by atoms with Crippen molar-refractivity contribution in [1.82, 2.24) is 5.32 Å². The quantitative estimate of drug-likeness (QED) is 0.191. The van der Waals surface area contributed by atoms with Gasteiger partial charge in [-0.3, -0.25) is 5.26 Å². The smallest absolute Gasteiger partial charge is 0.450 e. The van der Waals surface area contributed by atoms with Gasteiger partial charge in [0.2, 0.25) is 0 Å². The minimum absolute atomic E-state index is 0.0652. The molecule has 0 fully saturated rings. The molecule has 5 N–H and O–H groups in total. The highest BCUT2D eigenvalue weighted by Crippen LogP contribution is 1.86. The summed E-state index contributed by atoms with van der Waals surface area (Å²) in [5.74, 6) is 0. The van der Waals surface area contributed by atoms with E-state index in [-0.39, 0.29) is 26.3 Å². The minimum atomic E-state index is -1.46. The Balaban J connectivity index is 3.37. The van der Waals surface area contributed by atoms with E-state index in [1.54, 1.807) is 0 Å². The first-order valence-electron chi connectivity index (χ1n) is 4.25. The van der Waals surface area contributed by atoms with E-state index in [1.165, 1.54) is 0 Å². The fourth-order valence-electron chi connectivity index (χ4n) is 0.788. The molecule has 90 valence electrons. The van der Waals surface area contributed by atoms with Gasteiger partial charge in [-0.05, 0) is 0 Å². The third-order valence-electron chi connectivity index (χ3n) is 1.43. The minimum Gasteiger partial charge on any atom is -0.450 e. The van der Waals surface area contributed by atoms with E-state index in [2.05, 4.69) is 14.9 Å².